The van der Waals surface area contributed by atoms with Gasteiger partial charge in [-0.15, -0.1) is 0 Å². The van der Waals surface area contributed by atoms with Gasteiger partial charge < -0.3 is 16.0 Å². The van der Waals surface area contributed by atoms with E-state index in [2.05, 4.69) is 31.0 Å². The molecule has 1 rings (SSSR count). The fraction of sp³-hybridized carbons (Fsp3) is 0.562. The summed E-state index contributed by atoms with van der Waals surface area (Å²) in [6.45, 7) is 9.58. The topological polar surface area (TPSA) is 58.4 Å². The van der Waals surface area contributed by atoms with Gasteiger partial charge in [0, 0.05) is 18.0 Å². The standard InChI is InChI=1S/C16H26ClN3O/c1-4-20(11-12(2)3)9-5-6-16(21)19-15-10-13(17)7-8-14(15)18/h7-8,10,12H,4-6,9,11,18H2,1-3H3,(H,19,21). The normalized spacial score (nSPS) is 11.1. The highest BCUT2D eigenvalue weighted by Crippen LogP contribution is 2.23. The second-order valence-corrected chi connectivity index (χ2v) is 6.11. The van der Waals surface area contributed by atoms with Gasteiger partial charge in [-0.3, -0.25) is 4.79 Å². The molecule has 0 heterocycles. The number of anilines is 2. The van der Waals surface area contributed by atoms with Crippen LogP contribution in [-0.2, 0) is 4.79 Å². The molecule has 0 aromatic heterocycles. The molecule has 0 bridgehead atoms. The number of nitrogen functional groups attached to an aromatic ring is 1. The number of hydrogen-bond acceptors (Lipinski definition) is 3. The lowest BCUT2D eigenvalue weighted by Crippen LogP contribution is -2.29. The molecule has 0 atom stereocenters. The predicted molar refractivity (Wildman–Crippen MR) is 90.7 cm³/mol. The van der Waals surface area contributed by atoms with E-state index in [9.17, 15) is 4.79 Å². The first kappa shape index (κ1) is 17.8. The summed E-state index contributed by atoms with van der Waals surface area (Å²) in [5.74, 6) is 0.620. The second-order valence-electron chi connectivity index (χ2n) is 5.67. The van der Waals surface area contributed by atoms with Crippen molar-refractivity contribution in [1.29, 1.82) is 0 Å². The highest BCUT2D eigenvalue weighted by Gasteiger charge is 2.08. The van der Waals surface area contributed by atoms with Crippen molar-refractivity contribution in [3.8, 4) is 0 Å². The zero-order valence-corrected chi connectivity index (χ0v) is 13.9. The molecule has 0 aliphatic heterocycles. The Morgan fingerprint density at radius 1 is 1.43 bits per heavy atom. The number of rotatable bonds is 8. The summed E-state index contributed by atoms with van der Waals surface area (Å²) in [6, 6.07) is 5.07. The molecule has 0 spiro atoms. The van der Waals surface area contributed by atoms with Crippen LogP contribution in [0.15, 0.2) is 18.2 Å². The number of benzene rings is 1. The number of halogens is 1. The quantitative estimate of drug-likeness (QED) is 0.721. The minimum absolute atomic E-state index is 0.0235. The van der Waals surface area contributed by atoms with Gasteiger partial charge in [0.2, 0.25) is 5.91 Å². The van der Waals surface area contributed by atoms with E-state index in [1.54, 1.807) is 18.2 Å². The van der Waals surface area contributed by atoms with Crippen LogP contribution in [0, 0.1) is 5.92 Å². The molecule has 118 valence electrons. The van der Waals surface area contributed by atoms with Crippen LogP contribution in [0.4, 0.5) is 11.4 Å². The Hall–Kier alpha value is -1.26. The van der Waals surface area contributed by atoms with Crippen molar-refractivity contribution in [2.45, 2.75) is 33.6 Å². The average Bonchev–Trinajstić information content (AvgIpc) is 2.41. The van der Waals surface area contributed by atoms with Crippen LogP contribution in [0.2, 0.25) is 5.02 Å². The van der Waals surface area contributed by atoms with Crippen LogP contribution in [0.5, 0.6) is 0 Å². The highest BCUT2D eigenvalue weighted by atomic mass is 35.5. The number of hydrogen-bond donors (Lipinski definition) is 2. The average molecular weight is 312 g/mol. The molecule has 3 N–H and O–H groups in total. The van der Waals surface area contributed by atoms with E-state index in [0.29, 0.717) is 28.7 Å². The molecule has 0 saturated heterocycles. The summed E-state index contributed by atoms with van der Waals surface area (Å²) < 4.78 is 0. The van der Waals surface area contributed by atoms with Crippen LogP contribution in [0.3, 0.4) is 0 Å². The molecular formula is C16H26ClN3O. The third-order valence-corrected chi connectivity index (χ3v) is 3.47. The Balaban J connectivity index is 2.38. The molecule has 1 aromatic carbocycles. The van der Waals surface area contributed by atoms with Crippen LogP contribution in [-0.4, -0.2) is 30.4 Å². The van der Waals surface area contributed by atoms with Gasteiger partial charge in [0.15, 0.2) is 0 Å². The number of carbonyl (C=O) groups excluding carboxylic acids is 1. The molecule has 0 unspecified atom stereocenters. The Bertz CT molecular complexity index is 463. The van der Waals surface area contributed by atoms with Crippen LogP contribution >= 0.6 is 11.6 Å². The van der Waals surface area contributed by atoms with Crippen LogP contribution < -0.4 is 11.1 Å². The Morgan fingerprint density at radius 3 is 2.76 bits per heavy atom. The van der Waals surface area contributed by atoms with Crippen molar-refractivity contribution in [2.24, 2.45) is 5.92 Å². The zero-order chi connectivity index (χ0) is 15.8. The summed E-state index contributed by atoms with van der Waals surface area (Å²) in [4.78, 5) is 14.3. The minimum Gasteiger partial charge on any atom is -0.397 e. The molecule has 0 radical (unpaired) electrons. The smallest absolute Gasteiger partial charge is 0.224 e. The van der Waals surface area contributed by atoms with Gasteiger partial charge in [0.25, 0.3) is 0 Å². The fourth-order valence-corrected chi connectivity index (χ4v) is 2.38. The van der Waals surface area contributed by atoms with Gasteiger partial charge in [-0.2, -0.15) is 0 Å². The molecule has 4 nitrogen and oxygen atoms in total. The Labute approximate surface area is 132 Å². The lowest BCUT2D eigenvalue weighted by molar-refractivity contribution is -0.116. The summed E-state index contributed by atoms with van der Waals surface area (Å²) in [7, 11) is 0. The van der Waals surface area contributed by atoms with Gasteiger partial charge in [-0.25, -0.2) is 0 Å². The maximum atomic E-state index is 11.9. The monoisotopic (exact) mass is 311 g/mol. The van der Waals surface area contributed by atoms with E-state index in [1.165, 1.54) is 0 Å². The fourth-order valence-electron chi connectivity index (χ4n) is 2.21. The van der Waals surface area contributed by atoms with Crippen LogP contribution in [0.1, 0.15) is 33.6 Å². The largest absolute Gasteiger partial charge is 0.397 e. The molecule has 0 aliphatic rings. The third kappa shape index (κ3) is 6.82. The van der Waals surface area contributed by atoms with Gasteiger partial charge >= 0.3 is 0 Å². The van der Waals surface area contributed by atoms with E-state index >= 15 is 0 Å². The van der Waals surface area contributed by atoms with Crippen molar-refractivity contribution in [1.82, 2.24) is 4.90 Å². The first-order valence-corrected chi connectivity index (χ1v) is 7.87. The molecule has 21 heavy (non-hydrogen) atoms. The van der Waals surface area contributed by atoms with Crippen molar-refractivity contribution in [3.63, 3.8) is 0 Å². The number of carbonyl (C=O) groups is 1. The van der Waals surface area contributed by atoms with Crippen molar-refractivity contribution >= 4 is 28.9 Å². The van der Waals surface area contributed by atoms with Crippen molar-refractivity contribution in [2.75, 3.05) is 30.7 Å². The zero-order valence-electron chi connectivity index (χ0n) is 13.2. The first-order valence-electron chi connectivity index (χ1n) is 7.49. The van der Waals surface area contributed by atoms with E-state index in [4.69, 9.17) is 17.3 Å². The van der Waals surface area contributed by atoms with E-state index in [0.717, 1.165) is 26.1 Å². The van der Waals surface area contributed by atoms with Gasteiger partial charge in [0.1, 0.15) is 0 Å². The molecule has 0 fully saturated rings. The lowest BCUT2D eigenvalue weighted by Gasteiger charge is -2.22. The van der Waals surface area contributed by atoms with E-state index in [-0.39, 0.29) is 5.91 Å². The number of nitrogens with zero attached hydrogens (tertiary/aromatic N) is 1. The maximum absolute atomic E-state index is 11.9. The summed E-state index contributed by atoms with van der Waals surface area (Å²) in [5.41, 5.74) is 6.92. The lowest BCUT2D eigenvalue weighted by atomic mass is 10.2. The molecular weight excluding hydrogens is 286 g/mol. The van der Waals surface area contributed by atoms with E-state index in [1.807, 2.05) is 0 Å². The third-order valence-electron chi connectivity index (χ3n) is 3.24. The van der Waals surface area contributed by atoms with Gasteiger partial charge in [-0.1, -0.05) is 32.4 Å². The van der Waals surface area contributed by atoms with Gasteiger partial charge in [0.05, 0.1) is 11.4 Å². The number of nitrogens with one attached hydrogen (secondary N) is 1. The number of amides is 1. The summed E-state index contributed by atoms with van der Waals surface area (Å²) in [6.07, 6.45) is 1.33. The van der Waals surface area contributed by atoms with Crippen molar-refractivity contribution in [3.05, 3.63) is 23.2 Å². The van der Waals surface area contributed by atoms with Crippen molar-refractivity contribution < 1.29 is 4.79 Å². The predicted octanol–water partition coefficient (Wildman–Crippen LogP) is 3.62. The van der Waals surface area contributed by atoms with E-state index < -0.39 is 0 Å². The SMILES string of the molecule is CCN(CCCC(=O)Nc1cc(Cl)ccc1N)CC(C)C. The molecule has 5 heteroatoms. The highest BCUT2D eigenvalue weighted by molar-refractivity contribution is 6.31. The minimum atomic E-state index is -0.0235. The maximum Gasteiger partial charge on any atom is 0.224 e. The van der Waals surface area contributed by atoms with Crippen LogP contribution in [0.25, 0.3) is 0 Å². The molecule has 1 aromatic rings. The molecule has 0 aliphatic carbocycles. The molecule has 0 saturated carbocycles. The van der Waals surface area contributed by atoms with Gasteiger partial charge in [-0.05, 0) is 43.6 Å². The first-order chi connectivity index (χ1) is 9.92. The second kappa shape index (κ2) is 8.90. The Morgan fingerprint density at radius 2 is 2.14 bits per heavy atom. The molecule has 1 amide bonds. The Kier molecular flexibility index (Phi) is 7.54. The number of nitrogens with two attached hydrogens (primary N) is 1. The summed E-state index contributed by atoms with van der Waals surface area (Å²) in [5, 5.41) is 3.38. The summed E-state index contributed by atoms with van der Waals surface area (Å²) >= 11 is 5.90.